The van der Waals surface area contributed by atoms with Crippen LogP contribution in [-0.2, 0) is 19.9 Å². The number of carbonyl (C=O) groups is 1. The fourth-order valence-electron chi connectivity index (χ4n) is 4.41. The third-order valence-corrected chi connectivity index (χ3v) is 5.84. The van der Waals surface area contributed by atoms with Gasteiger partial charge in [0.15, 0.2) is 0 Å². The Bertz CT molecular complexity index is 1030. The molecule has 1 aliphatic carbocycles. The highest BCUT2D eigenvalue weighted by Crippen LogP contribution is 2.34. The molecule has 8 heteroatoms. The average Bonchev–Trinajstić information content (AvgIpc) is 3.39. The van der Waals surface area contributed by atoms with Gasteiger partial charge < -0.3 is 9.47 Å². The smallest absolute Gasteiger partial charge is 0.294 e. The lowest BCUT2D eigenvalue weighted by Crippen LogP contribution is -2.32. The Hall–Kier alpha value is -2.77. The maximum Gasteiger partial charge on any atom is 0.294 e. The molecule has 0 spiro atoms. The molecular weight excluding hydrogens is 342 g/mol. The van der Waals surface area contributed by atoms with Gasteiger partial charge in [-0.25, -0.2) is 14.5 Å². The van der Waals surface area contributed by atoms with Crippen LogP contribution in [0.4, 0.5) is 0 Å². The summed E-state index contributed by atoms with van der Waals surface area (Å²) >= 11 is 0. The second-order valence-electron chi connectivity index (χ2n) is 7.52. The summed E-state index contributed by atoms with van der Waals surface area (Å²) in [5.41, 5.74) is 3.45. The van der Waals surface area contributed by atoms with Crippen molar-refractivity contribution in [1.82, 2.24) is 34.0 Å². The van der Waals surface area contributed by atoms with Gasteiger partial charge in [0.25, 0.3) is 11.7 Å². The number of hydrogen-bond donors (Lipinski definition) is 0. The second kappa shape index (κ2) is 6.14. The Morgan fingerprint density at radius 3 is 2.85 bits per heavy atom. The molecule has 1 atom stereocenters. The maximum atomic E-state index is 13.2. The number of fused-ring (bicyclic) bond motifs is 2. The van der Waals surface area contributed by atoms with E-state index in [0.29, 0.717) is 12.3 Å². The number of hydrogen-bond acceptors (Lipinski definition) is 5. The van der Waals surface area contributed by atoms with E-state index >= 15 is 0 Å². The quantitative estimate of drug-likeness (QED) is 0.694. The van der Waals surface area contributed by atoms with Gasteiger partial charge in [0, 0.05) is 31.2 Å². The van der Waals surface area contributed by atoms with Gasteiger partial charge in [-0.15, -0.1) is 5.10 Å². The zero-order chi connectivity index (χ0) is 18.5. The highest BCUT2D eigenvalue weighted by Gasteiger charge is 2.36. The van der Waals surface area contributed by atoms with Crippen LogP contribution >= 0.6 is 0 Å². The third kappa shape index (κ3) is 2.54. The SMILES string of the molecule is Cc1ccnc2nc(C(=O)N3CCCC3c3nc4c(n3C)CCCC4)nn12. The number of carbonyl (C=O) groups excluding carboxylic acids is 1. The zero-order valence-corrected chi connectivity index (χ0v) is 15.7. The summed E-state index contributed by atoms with van der Waals surface area (Å²) in [4.78, 5) is 28.6. The highest BCUT2D eigenvalue weighted by molar-refractivity contribution is 5.91. The van der Waals surface area contributed by atoms with Crippen molar-refractivity contribution in [1.29, 1.82) is 0 Å². The largest absolute Gasteiger partial charge is 0.333 e. The van der Waals surface area contributed by atoms with Crippen LogP contribution in [-0.4, -0.2) is 46.5 Å². The lowest BCUT2D eigenvalue weighted by Gasteiger charge is -2.23. The van der Waals surface area contributed by atoms with Crippen LogP contribution in [0, 0.1) is 6.92 Å². The standard InChI is InChI=1S/C19H23N7O/c1-12-9-10-20-19-22-16(23-26(12)19)18(27)25-11-5-8-15(25)17-21-13-6-3-4-7-14(13)24(17)2/h9-10,15H,3-8,11H2,1-2H3. The lowest BCUT2D eigenvalue weighted by molar-refractivity contribution is 0.0715. The summed E-state index contributed by atoms with van der Waals surface area (Å²) < 4.78 is 3.84. The molecule has 0 aromatic carbocycles. The van der Waals surface area contributed by atoms with Crippen LogP contribution in [0.25, 0.3) is 5.78 Å². The summed E-state index contributed by atoms with van der Waals surface area (Å²) in [6, 6.07) is 1.85. The number of rotatable bonds is 2. The van der Waals surface area contributed by atoms with Crippen molar-refractivity contribution in [2.45, 2.75) is 51.5 Å². The Kier molecular flexibility index (Phi) is 3.73. The molecule has 0 saturated carbocycles. The predicted molar refractivity (Wildman–Crippen MR) is 98.4 cm³/mol. The minimum atomic E-state index is -0.136. The number of likely N-dealkylation sites (tertiary alicyclic amines) is 1. The van der Waals surface area contributed by atoms with Gasteiger partial charge in [0.2, 0.25) is 5.82 Å². The number of aryl methyl sites for hydroxylation is 2. The monoisotopic (exact) mass is 365 g/mol. The summed E-state index contributed by atoms with van der Waals surface area (Å²) in [5.74, 6) is 1.54. The summed E-state index contributed by atoms with van der Waals surface area (Å²) in [6.45, 7) is 2.64. The van der Waals surface area contributed by atoms with E-state index in [9.17, 15) is 4.79 Å². The molecule has 3 aromatic rings. The summed E-state index contributed by atoms with van der Waals surface area (Å²) in [5, 5.41) is 4.40. The molecule has 140 valence electrons. The van der Waals surface area contributed by atoms with Crippen molar-refractivity contribution >= 4 is 11.7 Å². The van der Waals surface area contributed by atoms with Crippen LogP contribution < -0.4 is 0 Å². The minimum Gasteiger partial charge on any atom is -0.333 e. The average molecular weight is 365 g/mol. The lowest BCUT2D eigenvalue weighted by atomic mass is 10.0. The Labute approximate surface area is 157 Å². The Morgan fingerprint density at radius 1 is 1.19 bits per heavy atom. The van der Waals surface area contributed by atoms with Crippen molar-refractivity contribution in [3.63, 3.8) is 0 Å². The molecular formula is C19H23N7O. The molecule has 2 aliphatic rings. The van der Waals surface area contributed by atoms with Gasteiger partial charge in [-0.1, -0.05) is 0 Å². The van der Waals surface area contributed by atoms with Gasteiger partial charge in [-0.05, 0) is 51.5 Å². The minimum absolute atomic E-state index is 0.00577. The number of nitrogens with zero attached hydrogens (tertiary/aromatic N) is 7. The molecule has 1 unspecified atom stereocenters. The topological polar surface area (TPSA) is 81.2 Å². The molecule has 1 saturated heterocycles. The summed E-state index contributed by atoms with van der Waals surface area (Å²) in [7, 11) is 2.09. The number of imidazole rings is 1. The first-order valence-electron chi connectivity index (χ1n) is 9.67. The molecule has 0 N–H and O–H groups in total. The molecule has 4 heterocycles. The first kappa shape index (κ1) is 16.4. The van der Waals surface area contributed by atoms with Crippen molar-refractivity contribution in [3.8, 4) is 0 Å². The van der Waals surface area contributed by atoms with Gasteiger partial charge in [0.05, 0.1) is 11.7 Å². The van der Waals surface area contributed by atoms with Crippen LogP contribution in [0.1, 0.15) is 65.3 Å². The molecule has 5 rings (SSSR count). The van der Waals surface area contributed by atoms with Crippen LogP contribution in [0.5, 0.6) is 0 Å². The highest BCUT2D eigenvalue weighted by atomic mass is 16.2. The first-order valence-corrected chi connectivity index (χ1v) is 9.67. The molecule has 0 radical (unpaired) electrons. The Morgan fingerprint density at radius 2 is 2.04 bits per heavy atom. The van der Waals surface area contributed by atoms with Crippen LogP contribution in [0.2, 0.25) is 0 Å². The van der Waals surface area contributed by atoms with E-state index in [1.807, 2.05) is 17.9 Å². The van der Waals surface area contributed by atoms with E-state index in [2.05, 4.69) is 26.7 Å². The van der Waals surface area contributed by atoms with E-state index in [1.54, 1.807) is 10.7 Å². The third-order valence-electron chi connectivity index (χ3n) is 5.84. The van der Waals surface area contributed by atoms with Crippen LogP contribution in [0.3, 0.4) is 0 Å². The molecule has 8 nitrogen and oxygen atoms in total. The van der Waals surface area contributed by atoms with Crippen molar-refractivity contribution < 1.29 is 4.79 Å². The van der Waals surface area contributed by atoms with E-state index in [1.165, 1.54) is 24.2 Å². The van der Waals surface area contributed by atoms with E-state index in [4.69, 9.17) is 4.98 Å². The first-order chi connectivity index (χ1) is 13.1. The molecule has 1 amide bonds. The van der Waals surface area contributed by atoms with Gasteiger partial charge in [0.1, 0.15) is 5.82 Å². The maximum absolute atomic E-state index is 13.2. The van der Waals surface area contributed by atoms with Crippen molar-refractivity contribution in [2.75, 3.05) is 6.54 Å². The molecule has 27 heavy (non-hydrogen) atoms. The Balaban J connectivity index is 1.49. The van der Waals surface area contributed by atoms with Gasteiger partial charge >= 0.3 is 0 Å². The summed E-state index contributed by atoms with van der Waals surface area (Å²) in [6.07, 6.45) is 8.13. The zero-order valence-electron chi connectivity index (χ0n) is 15.7. The van der Waals surface area contributed by atoms with E-state index in [-0.39, 0.29) is 17.8 Å². The number of aromatic nitrogens is 6. The second-order valence-corrected chi connectivity index (χ2v) is 7.52. The molecule has 3 aromatic heterocycles. The number of amides is 1. The van der Waals surface area contributed by atoms with E-state index < -0.39 is 0 Å². The van der Waals surface area contributed by atoms with E-state index in [0.717, 1.165) is 37.2 Å². The molecule has 1 fully saturated rings. The van der Waals surface area contributed by atoms with Gasteiger partial charge in [-0.3, -0.25) is 4.79 Å². The van der Waals surface area contributed by atoms with Crippen molar-refractivity contribution in [3.05, 3.63) is 41.0 Å². The normalized spacial score (nSPS) is 19.6. The van der Waals surface area contributed by atoms with Gasteiger partial charge in [-0.2, -0.15) is 4.98 Å². The fourth-order valence-corrected chi connectivity index (χ4v) is 4.41. The fraction of sp³-hybridized carbons (Fsp3) is 0.526. The molecule has 0 bridgehead atoms. The van der Waals surface area contributed by atoms with Crippen molar-refractivity contribution in [2.24, 2.45) is 7.05 Å². The van der Waals surface area contributed by atoms with Crippen LogP contribution in [0.15, 0.2) is 12.3 Å². The predicted octanol–water partition coefficient (Wildman–Crippen LogP) is 2.02. The molecule has 1 aliphatic heterocycles.